The number of aromatic hydroxyl groups is 2. The van der Waals surface area contributed by atoms with Crippen LogP contribution in [-0.4, -0.2) is 21.4 Å². The van der Waals surface area contributed by atoms with Gasteiger partial charge in [-0.1, -0.05) is 6.07 Å². The Kier molecular flexibility index (Phi) is 2.75. The third-order valence-electron chi connectivity index (χ3n) is 1.85. The Bertz CT molecular complexity index is 279. The average molecular weight is 183 g/mol. The lowest BCUT2D eigenvalue weighted by Crippen LogP contribution is -2.24. The predicted molar refractivity (Wildman–Crippen MR) is 48.4 cm³/mol. The molecule has 0 aliphatic heterocycles. The van der Waals surface area contributed by atoms with Gasteiger partial charge in [0.25, 0.3) is 0 Å². The molecule has 2 atom stereocenters. The lowest BCUT2D eigenvalue weighted by Gasteiger charge is -2.16. The van der Waals surface area contributed by atoms with Gasteiger partial charge in [0.15, 0.2) is 0 Å². The highest BCUT2D eigenvalue weighted by molar-refractivity contribution is 5.44. The summed E-state index contributed by atoms with van der Waals surface area (Å²) in [5.41, 5.74) is 5.51. The summed E-state index contributed by atoms with van der Waals surface area (Å²) >= 11 is 0. The van der Waals surface area contributed by atoms with Gasteiger partial charge in [-0.05, 0) is 19.1 Å². The van der Waals surface area contributed by atoms with E-state index >= 15 is 0 Å². The van der Waals surface area contributed by atoms with Gasteiger partial charge in [-0.2, -0.15) is 0 Å². The second-order valence-corrected chi connectivity index (χ2v) is 3.01. The van der Waals surface area contributed by atoms with Crippen LogP contribution in [0.3, 0.4) is 0 Å². The van der Waals surface area contributed by atoms with Crippen molar-refractivity contribution < 1.29 is 15.3 Å². The second kappa shape index (κ2) is 3.64. The average Bonchev–Trinajstić information content (AvgIpc) is 2.03. The fourth-order valence-electron chi connectivity index (χ4n) is 1.11. The van der Waals surface area contributed by atoms with Gasteiger partial charge in [-0.3, -0.25) is 0 Å². The highest BCUT2D eigenvalue weighted by atomic mass is 16.3. The zero-order valence-corrected chi connectivity index (χ0v) is 7.31. The molecule has 0 saturated carbocycles. The molecule has 0 bridgehead atoms. The summed E-state index contributed by atoms with van der Waals surface area (Å²) in [7, 11) is 0. The molecule has 0 heterocycles. The topological polar surface area (TPSA) is 86.7 Å². The quantitative estimate of drug-likeness (QED) is 0.537. The first-order valence-corrected chi connectivity index (χ1v) is 3.98. The third kappa shape index (κ3) is 1.91. The van der Waals surface area contributed by atoms with Crippen molar-refractivity contribution in [1.82, 2.24) is 0 Å². The number of hydrogen-bond acceptors (Lipinski definition) is 4. The summed E-state index contributed by atoms with van der Waals surface area (Å²) in [6.07, 6.45) is -1.05. The van der Waals surface area contributed by atoms with Gasteiger partial charge in [0, 0.05) is 6.04 Å². The SMILES string of the molecule is C[C@H](N)[C@@H](O)c1c(O)cccc1O. The van der Waals surface area contributed by atoms with Crippen LogP contribution in [0.2, 0.25) is 0 Å². The number of nitrogens with two attached hydrogens (primary N) is 1. The summed E-state index contributed by atoms with van der Waals surface area (Å²) in [4.78, 5) is 0. The van der Waals surface area contributed by atoms with Gasteiger partial charge in [0.05, 0.1) is 5.56 Å². The molecular weight excluding hydrogens is 170 g/mol. The molecule has 0 saturated heterocycles. The number of phenolic OH excluding ortho intramolecular Hbond substituents is 2. The van der Waals surface area contributed by atoms with E-state index in [2.05, 4.69) is 0 Å². The molecule has 1 aromatic carbocycles. The molecule has 0 fully saturated rings. The zero-order chi connectivity index (χ0) is 10.0. The summed E-state index contributed by atoms with van der Waals surface area (Å²) in [6.45, 7) is 1.59. The molecule has 4 heteroatoms. The van der Waals surface area contributed by atoms with Crippen LogP contribution in [0.15, 0.2) is 18.2 Å². The fourth-order valence-corrected chi connectivity index (χ4v) is 1.11. The molecule has 0 radical (unpaired) electrons. The molecule has 72 valence electrons. The molecule has 5 N–H and O–H groups in total. The monoisotopic (exact) mass is 183 g/mol. The Morgan fingerprint density at radius 2 is 1.69 bits per heavy atom. The van der Waals surface area contributed by atoms with E-state index in [0.29, 0.717) is 0 Å². The molecule has 0 spiro atoms. The molecule has 1 rings (SSSR count). The maximum absolute atomic E-state index is 9.51. The molecule has 0 amide bonds. The summed E-state index contributed by atoms with van der Waals surface area (Å²) in [5, 5.41) is 28.2. The van der Waals surface area contributed by atoms with E-state index in [4.69, 9.17) is 5.73 Å². The zero-order valence-electron chi connectivity index (χ0n) is 7.31. The van der Waals surface area contributed by atoms with E-state index in [1.165, 1.54) is 18.2 Å². The number of benzene rings is 1. The van der Waals surface area contributed by atoms with Crippen molar-refractivity contribution in [3.05, 3.63) is 23.8 Å². The lowest BCUT2D eigenvalue weighted by molar-refractivity contribution is 0.146. The van der Waals surface area contributed by atoms with Crippen molar-refractivity contribution in [2.45, 2.75) is 19.1 Å². The van der Waals surface area contributed by atoms with Gasteiger partial charge >= 0.3 is 0 Å². The Morgan fingerprint density at radius 3 is 2.08 bits per heavy atom. The Balaban J connectivity index is 3.12. The fraction of sp³-hybridized carbons (Fsp3) is 0.333. The van der Waals surface area contributed by atoms with Crippen LogP contribution >= 0.6 is 0 Å². The van der Waals surface area contributed by atoms with Gasteiger partial charge in [-0.25, -0.2) is 0 Å². The molecule has 0 aromatic heterocycles. The molecule has 0 aliphatic rings. The van der Waals surface area contributed by atoms with E-state index in [-0.39, 0.29) is 17.1 Å². The van der Waals surface area contributed by atoms with Crippen LogP contribution in [0.25, 0.3) is 0 Å². The minimum absolute atomic E-state index is 0.0810. The van der Waals surface area contributed by atoms with Gasteiger partial charge < -0.3 is 21.1 Å². The van der Waals surface area contributed by atoms with Gasteiger partial charge in [-0.15, -0.1) is 0 Å². The van der Waals surface area contributed by atoms with Crippen LogP contribution in [0.5, 0.6) is 11.5 Å². The molecule has 13 heavy (non-hydrogen) atoms. The Morgan fingerprint density at radius 1 is 1.23 bits per heavy atom. The minimum Gasteiger partial charge on any atom is -0.507 e. The lowest BCUT2D eigenvalue weighted by atomic mass is 10.0. The van der Waals surface area contributed by atoms with Gasteiger partial charge in [0.2, 0.25) is 0 Å². The predicted octanol–water partition coefficient (Wildman–Crippen LogP) is 0.478. The minimum atomic E-state index is -1.05. The van der Waals surface area contributed by atoms with E-state index in [9.17, 15) is 15.3 Å². The molecular formula is C9H13NO3. The first-order chi connectivity index (χ1) is 6.04. The first kappa shape index (κ1) is 9.83. The standard InChI is InChI=1S/C9H13NO3/c1-5(10)9(13)8-6(11)3-2-4-7(8)12/h2-5,9,11-13H,10H2,1H3/t5-,9+/m0/s1. The van der Waals surface area contributed by atoms with Crippen LogP contribution in [0.1, 0.15) is 18.6 Å². The van der Waals surface area contributed by atoms with Crippen LogP contribution in [0, 0.1) is 0 Å². The van der Waals surface area contributed by atoms with Crippen LogP contribution in [-0.2, 0) is 0 Å². The summed E-state index contributed by atoms with van der Waals surface area (Å²) in [5.74, 6) is -0.297. The number of aliphatic hydroxyl groups is 1. The molecule has 1 aromatic rings. The number of aliphatic hydroxyl groups excluding tert-OH is 1. The van der Waals surface area contributed by atoms with E-state index in [1.807, 2.05) is 0 Å². The van der Waals surface area contributed by atoms with Crippen LogP contribution < -0.4 is 5.73 Å². The van der Waals surface area contributed by atoms with Crippen molar-refractivity contribution in [2.24, 2.45) is 5.73 Å². The van der Waals surface area contributed by atoms with E-state index in [0.717, 1.165) is 0 Å². The Labute approximate surface area is 76.2 Å². The van der Waals surface area contributed by atoms with Gasteiger partial charge in [0.1, 0.15) is 17.6 Å². The van der Waals surface area contributed by atoms with Crippen molar-refractivity contribution in [2.75, 3.05) is 0 Å². The van der Waals surface area contributed by atoms with E-state index < -0.39 is 12.1 Å². The molecule has 0 unspecified atom stereocenters. The van der Waals surface area contributed by atoms with Crippen LogP contribution in [0.4, 0.5) is 0 Å². The third-order valence-corrected chi connectivity index (χ3v) is 1.85. The molecule has 4 nitrogen and oxygen atoms in total. The van der Waals surface area contributed by atoms with Crippen molar-refractivity contribution in [3.8, 4) is 11.5 Å². The number of hydrogen-bond donors (Lipinski definition) is 4. The van der Waals surface area contributed by atoms with Crippen molar-refractivity contribution >= 4 is 0 Å². The van der Waals surface area contributed by atoms with Crippen molar-refractivity contribution in [3.63, 3.8) is 0 Å². The largest absolute Gasteiger partial charge is 0.507 e. The highest BCUT2D eigenvalue weighted by Gasteiger charge is 2.19. The van der Waals surface area contributed by atoms with E-state index in [1.54, 1.807) is 6.92 Å². The number of phenols is 2. The maximum atomic E-state index is 9.51. The maximum Gasteiger partial charge on any atom is 0.125 e. The normalized spacial score (nSPS) is 15.3. The first-order valence-electron chi connectivity index (χ1n) is 3.98. The molecule has 0 aliphatic carbocycles. The summed E-state index contributed by atoms with van der Waals surface area (Å²) in [6, 6.07) is 3.72. The smallest absolute Gasteiger partial charge is 0.125 e. The summed E-state index contributed by atoms with van der Waals surface area (Å²) < 4.78 is 0. The second-order valence-electron chi connectivity index (χ2n) is 3.01. The highest BCUT2D eigenvalue weighted by Crippen LogP contribution is 2.33. The Hall–Kier alpha value is -1.26. The van der Waals surface area contributed by atoms with Crippen molar-refractivity contribution in [1.29, 1.82) is 0 Å². The number of rotatable bonds is 2.